The summed E-state index contributed by atoms with van der Waals surface area (Å²) in [5, 5.41) is 14.6. The van der Waals surface area contributed by atoms with Gasteiger partial charge in [0.1, 0.15) is 11.4 Å². The van der Waals surface area contributed by atoms with Crippen LogP contribution < -0.4 is 10.6 Å². The number of benzene rings is 1. The van der Waals surface area contributed by atoms with Gasteiger partial charge in [0, 0.05) is 12.1 Å². The van der Waals surface area contributed by atoms with Crippen LogP contribution in [0.4, 0.5) is 10.1 Å². The predicted molar refractivity (Wildman–Crippen MR) is 79.4 cm³/mol. The number of carbonyl (C=O) groups is 3. The number of fused-ring (bicyclic) bond motifs is 1. The number of carboxylic acids is 1. The minimum absolute atomic E-state index is 0.0832. The standard InChI is InChI=1S/C16H17FN2O4/c17-9-3-4-10-11(8-13(20)18-12(10)7-9)14(21)19-16(15(22)23)5-1-2-6-16/h3-4,7,11H,1-2,5-6,8H2,(H,18,20)(H,19,21)(H,22,23)/t11-/m0/s1. The average molecular weight is 320 g/mol. The van der Waals surface area contributed by atoms with Gasteiger partial charge in [-0.3, -0.25) is 9.59 Å². The lowest BCUT2D eigenvalue weighted by Gasteiger charge is -2.30. The highest BCUT2D eigenvalue weighted by molar-refractivity contribution is 6.02. The molecule has 1 aliphatic heterocycles. The molecule has 3 N–H and O–H groups in total. The Hall–Kier alpha value is -2.44. The van der Waals surface area contributed by atoms with Gasteiger partial charge >= 0.3 is 5.97 Å². The zero-order valence-electron chi connectivity index (χ0n) is 12.4. The topological polar surface area (TPSA) is 95.5 Å². The molecule has 7 heteroatoms. The third kappa shape index (κ3) is 2.78. The van der Waals surface area contributed by atoms with Crippen LogP contribution >= 0.6 is 0 Å². The maximum absolute atomic E-state index is 13.3. The van der Waals surface area contributed by atoms with Gasteiger partial charge in [0.2, 0.25) is 11.8 Å². The Morgan fingerprint density at radius 2 is 2.00 bits per heavy atom. The highest BCUT2D eigenvalue weighted by Crippen LogP contribution is 2.35. The van der Waals surface area contributed by atoms with E-state index < -0.39 is 29.2 Å². The molecule has 3 rings (SSSR count). The van der Waals surface area contributed by atoms with Gasteiger partial charge in [0.05, 0.1) is 5.92 Å². The zero-order chi connectivity index (χ0) is 16.6. The van der Waals surface area contributed by atoms with Gasteiger partial charge in [-0.2, -0.15) is 0 Å². The normalized spacial score (nSPS) is 22.1. The minimum atomic E-state index is -1.26. The lowest BCUT2D eigenvalue weighted by atomic mass is 9.88. The van der Waals surface area contributed by atoms with Gasteiger partial charge < -0.3 is 15.7 Å². The quantitative estimate of drug-likeness (QED) is 0.791. The molecule has 2 aliphatic rings. The Labute approximate surface area is 132 Å². The maximum Gasteiger partial charge on any atom is 0.329 e. The number of nitrogens with one attached hydrogen (secondary N) is 2. The van der Waals surface area contributed by atoms with Gasteiger partial charge in [-0.25, -0.2) is 9.18 Å². The Kier molecular flexibility index (Phi) is 3.79. The van der Waals surface area contributed by atoms with Crippen LogP contribution in [0.2, 0.25) is 0 Å². The first kappa shape index (κ1) is 15.5. The number of aliphatic carboxylic acids is 1. The molecular weight excluding hydrogens is 303 g/mol. The van der Waals surface area contributed by atoms with E-state index in [0.717, 1.165) is 18.9 Å². The predicted octanol–water partition coefficient (Wildman–Crippen LogP) is 1.77. The SMILES string of the molecule is O=C1C[C@H](C(=O)NC2(C(=O)O)CCCC2)c2ccc(F)cc2N1. The third-order valence-electron chi connectivity index (χ3n) is 4.60. The van der Waals surface area contributed by atoms with Gasteiger partial charge in [0.25, 0.3) is 0 Å². The molecule has 1 aromatic rings. The van der Waals surface area contributed by atoms with Crippen LogP contribution in [-0.4, -0.2) is 28.4 Å². The molecule has 6 nitrogen and oxygen atoms in total. The van der Waals surface area contributed by atoms with E-state index in [0.29, 0.717) is 18.4 Å². The number of rotatable bonds is 3. The van der Waals surface area contributed by atoms with Crippen molar-refractivity contribution in [1.29, 1.82) is 0 Å². The first-order valence-corrected chi connectivity index (χ1v) is 7.56. The number of halogens is 1. The first-order chi connectivity index (χ1) is 10.9. The molecule has 1 heterocycles. The second-order valence-electron chi connectivity index (χ2n) is 6.12. The van der Waals surface area contributed by atoms with Crippen LogP contribution in [0.1, 0.15) is 43.6 Å². The fourth-order valence-electron chi connectivity index (χ4n) is 3.36. The molecule has 1 aliphatic carbocycles. The Morgan fingerprint density at radius 1 is 1.30 bits per heavy atom. The Bertz CT molecular complexity index is 683. The number of amides is 2. The van der Waals surface area contributed by atoms with Gasteiger partial charge in [-0.15, -0.1) is 0 Å². The zero-order valence-corrected chi connectivity index (χ0v) is 12.4. The number of carbonyl (C=O) groups excluding carboxylic acids is 2. The number of hydrogen-bond acceptors (Lipinski definition) is 3. The van der Waals surface area contributed by atoms with Crippen molar-refractivity contribution in [2.24, 2.45) is 0 Å². The summed E-state index contributed by atoms with van der Waals surface area (Å²) in [6.45, 7) is 0. The molecule has 122 valence electrons. The molecule has 0 aromatic heterocycles. The Balaban J connectivity index is 1.88. The summed E-state index contributed by atoms with van der Waals surface area (Å²) in [7, 11) is 0. The molecule has 0 spiro atoms. The molecule has 1 fully saturated rings. The molecule has 1 aromatic carbocycles. The van der Waals surface area contributed by atoms with Gasteiger partial charge in [-0.05, 0) is 30.5 Å². The van der Waals surface area contributed by atoms with E-state index in [-0.39, 0.29) is 18.0 Å². The molecule has 0 unspecified atom stereocenters. The summed E-state index contributed by atoms with van der Waals surface area (Å²) in [4.78, 5) is 35.9. The van der Waals surface area contributed by atoms with E-state index in [4.69, 9.17) is 0 Å². The van der Waals surface area contributed by atoms with E-state index in [1.807, 2.05) is 0 Å². The van der Waals surface area contributed by atoms with E-state index in [2.05, 4.69) is 10.6 Å². The van der Waals surface area contributed by atoms with Crippen molar-refractivity contribution < 1.29 is 23.9 Å². The van der Waals surface area contributed by atoms with Crippen molar-refractivity contribution in [3.05, 3.63) is 29.6 Å². The van der Waals surface area contributed by atoms with Crippen molar-refractivity contribution in [3.8, 4) is 0 Å². The van der Waals surface area contributed by atoms with Crippen LogP contribution in [0.25, 0.3) is 0 Å². The van der Waals surface area contributed by atoms with Crippen LogP contribution in [0.15, 0.2) is 18.2 Å². The van der Waals surface area contributed by atoms with Crippen molar-refractivity contribution >= 4 is 23.5 Å². The van der Waals surface area contributed by atoms with Crippen molar-refractivity contribution in [3.63, 3.8) is 0 Å². The Morgan fingerprint density at radius 3 is 2.65 bits per heavy atom. The monoisotopic (exact) mass is 320 g/mol. The lowest BCUT2D eigenvalue weighted by molar-refractivity contribution is -0.147. The van der Waals surface area contributed by atoms with E-state index >= 15 is 0 Å². The minimum Gasteiger partial charge on any atom is -0.480 e. The number of carboxylic acid groups (broad SMARTS) is 1. The van der Waals surface area contributed by atoms with E-state index in [1.54, 1.807) is 0 Å². The maximum atomic E-state index is 13.3. The molecular formula is C16H17FN2O4. The summed E-state index contributed by atoms with van der Waals surface area (Å²) >= 11 is 0. The van der Waals surface area contributed by atoms with Gasteiger partial charge in [0.15, 0.2) is 0 Å². The molecule has 23 heavy (non-hydrogen) atoms. The molecule has 0 bridgehead atoms. The lowest BCUT2D eigenvalue weighted by Crippen LogP contribution is -2.54. The first-order valence-electron chi connectivity index (χ1n) is 7.56. The second kappa shape index (κ2) is 5.64. The van der Waals surface area contributed by atoms with Gasteiger partial charge in [-0.1, -0.05) is 18.9 Å². The molecule has 2 amide bonds. The highest BCUT2D eigenvalue weighted by Gasteiger charge is 2.44. The summed E-state index contributed by atoms with van der Waals surface area (Å²) in [6, 6.07) is 3.84. The van der Waals surface area contributed by atoms with E-state index in [9.17, 15) is 23.9 Å². The molecule has 1 saturated carbocycles. The largest absolute Gasteiger partial charge is 0.480 e. The van der Waals surface area contributed by atoms with Crippen LogP contribution in [0.3, 0.4) is 0 Å². The van der Waals surface area contributed by atoms with E-state index in [1.165, 1.54) is 12.1 Å². The number of hydrogen-bond donors (Lipinski definition) is 3. The van der Waals surface area contributed by atoms with Crippen LogP contribution in [0, 0.1) is 5.82 Å². The summed E-state index contributed by atoms with van der Waals surface area (Å²) in [5.41, 5.74) is -0.496. The number of anilines is 1. The summed E-state index contributed by atoms with van der Waals surface area (Å²) in [5.74, 6) is -3.27. The molecule has 1 atom stereocenters. The average Bonchev–Trinajstić information content (AvgIpc) is 2.95. The van der Waals surface area contributed by atoms with Crippen molar-refractivity contribution in [2.45, 2.75) is 43.6 Å². The second-order valence-corrected chi connectivity index (χ2v) is 6.12. The molecule has 0 saturated heterocycles. The fraction of sp³-hybridized carbons (Fsp3) is 0.438. The third-order valence-corrected chi connectivity index (χ3v) is 4.60. The summed E-state index contributed by atoms with van der Waals surface area (Å²) in [6.07, 6.45) is 2.14. The molecule has 0 radical (unpaired) electrons. The van der Waals surface area contributed by atoms with Crippen molar-refractivity contribution in [2.75, 3.05) is 5.32 Å². The highest BCUT2D eigenvalue weighted by atomic mass is 19.1. The van der Waals surface area contributed by atoms with Crippen LogP contribution in [-0.2, 0) is 14.4 Å². The fourth-order valence-corrected chi connectivity index (χ4v) is 3.36. The van der Waals surface area contributed by atoms with Crippen LogP contribution in [0.5, 0.6) is 0 Å². The smallest absolute Gasteiger partial charge is 0.329 e. The van der Waals surface area contributed by atoms with Crippen molar-refractivity contribution in [1.82, 2.24) is 5.32 Å². The summed E-state index contributed by atoms with van der Waals surface area (Å²) < 4.78 is 13.3.